The van der Waals surface area contributed by atoms with Gasteiger partial charge in [0.2, 0.25) is 0 Å². The molecule has 1 aromatic carbocycles. The van der Waals surface area contributed by atoms with Crippen molar-refractivity contribution in [3.8, 4) is 11.5 Å². The van der Waals surface area contributed by atoms with E-state index in [0.29, 0.717) is 24.7 Å². The maximum atomic E-state index is 12.6. The number of likely N-dealkylation sites (tertiary alicyclic amines) is 1. The van der Waals surface area contributed by atoms with Crippen LogP contribution in [0.25, 0.3) is 0 Å². The van der Waals surface area contributed by atoms with Gasteiger partial charge in [-0.1, -0.05) is 0 Å². The number of rotatable bonds is 2. The Bertz CT molecular complexity index is 705. The Balaban J connectivity index is 1.49. The number of benzene rings is 1. The highest BCUT2D eigenvalue weighted by molar-refractivity contribution is 7.09. The topological polar surface area (TPSA) is 63.7 Å². The molecular weight excluding hydrogens is 314 g/mol. The van der Waals surface area contributed by atoms with Gasteiger partial charge in [0.15, 0.2) is 11.5 Å². The molecule has 23 heavy (non-hydrogen) atoms. The smallest absolute Gasteiger partial charge is 0.322 e. The first-order valence-electron chi connectivity index (χ1n) is 7.68. The molecule has 2 amide bonds. The predicted octanol–water partition coefficient (Wildman–Crippen LogP) is 3.28. The molecule has 1 fully saturated rings. The second-order valence-corrected chi connectivity index (χ2v) is 6.44. The first-order valence-corrected chi connectivity index (χ1v) is 8.56. The Morgan fingerprint density at radius 1 is 1.30 bits per heavy atom. The molecule has 1 atom stereocenters. The van der Waals surface area contributed by atoms with Crippen molar-refractivity contribution in [3.63, 3.8) is 0 Å². The molecule has 2 aliphatic heterocycles. The van der Waals surface area contributed by atoms with Gasteiger partial charge in [0.25, 0.3) is 0 Å². The quantitative estimate of drug-likeness (QED) is 0.917. The van der Waals surface area contributed by atoms with Crippen LogP contribution >= 0.6 is 11.3 Å². The van der Waals surface area contributed by atoms with E-state index in [1.807, 2.05) is 22.4 Å². The van der Waals surface area contributed by atoms with Gasteiger partial charge in [0, 0.05) is 29.9 Å². The van der Waals surface area contributed by atoms with Gasteiger partial charge in [-0.05, 0) is 25.0 Å². The Labute approximate surface area is 138 Å². The minimum atomic E-state index is -0.0978. The normalized spacial score (nSPS) is 19.7. The SMILES string of the molecule is O=C(Nc1ccc2c(c1)OCCO2)N1CCCC1c1nccs1. The Morgan fingerprint density at radius 3 is 3.00 bits per heavy atom. The third-order valence-corrected chi connectivity index (χ3v) is 4.92. The van der Waals surface area contributed by atoms with Gasteiger partial charge in [0.1, 0.15) is 18.2 Å². The van der Waals surface area contributed by atoms with Crippen molar-refractivity contribution < 1.29 is 14.3 Å². The molecule has 1 saturated heterocycles. The van der Waals surface area contributed by atoms with E-state index >= 15 is 0 Å². The molecule has 7 heteroatoms. The van der Waals surface area contributed by atoms with Gasteiger partial charge in [-0.2, -0.15) is 0 Å². The minimum Gasteiger partial charge on any atom is -0.486 e. The highest BCUT2D eigenvalue weighted by Crippen LogP contribution is 2.35. The minimum absolute atomic E-state index is 0.0761. The summed E-state index contributed by atoms with van der Waals surface area (Å²) in [6, 6.07) is 5.44. The third kappa shape index (κ3) is 2.84. The molecule has 120 valence electrons. The molecular formula is C16H17N3O3S. The van der Waals surface area contributed by atoms with Crippen LogP contribution in [0.1, 0.15) is 23.9 Å². The second kappa shape index (κ2) is 6.08. The predicted molar refractivity (Wildman–Crippen MR) is 87.2 cm³/mol. The zero-order chi connectivity index (χ0) is 15.6. The van der Waals surface area contributed by atoms with Crippen LogP contribution in [-0.4, -0.2) is 35.7 Å². The van der Waals surface area contributed by atoms with Gasteiger partial charge < -0.3 is 19.7 Å². The van der Waals surface area contributed by atoms with E-state index < -0.39 is 0 Å². The molecule has 1 N–H and O–H groups in total. The van der Waals surface area contributed by atoms with Gasteiger partial charge in [0.05, 0.1) is 6.04 Å². The monoisotopic (exact) mass is 331 g/mol. The van der Waals surface area contributed by atoms with Crippen LogP contribution in [-0.2, 0) is 0 Å². The lowest BCUT2D eigenvalue weighted by molar-refractivity contribution is 0.171. The van der Waals surface area contributed by atoms with E-state index in [0.717, 1.165) is 30.1 Å². The Kier molecular flexibility index (Phi) is 3.78. The molecule has 4 rings (SSSR count). The Morgan fingerprint density at radius 2 is 2.17 bits per heavy atom. The highest BCUT2D eigenvalue weighted by Gasteiger charge is 2.31. The van der Waals surface area contributed by atoms with Crippen molar-refractivity contribution in [2.24, 2.45) is 0 Å². The summed E-state index contributed by atoms with van der Waals surface area (Å²) in [5.41, 5.74) is 0.712. The van der Waals surface area contributed by atoms with E-state index in [9.17, 15) is 4.79 Å². The number of urea groups is 1. The number of carbonyl (C=O) groups is 1. The number of nitrogens with one attached hydrogen (secondary N) is 1. The Hall–Kier alpha value is -2.28. The lowest BCUT2D eigenvalue weighted by Gasteiger charge is -2.24. The van der Waals surface area contributed by atoms with Gasteiger partial charge in [-0.15, -0.1) is 11.3 Å². The first kappa shape index (κ1) is 14.3. The first-order chi connectivity index (χ1) is 11.3. The van der Waals surface area contributed by atoms with Crippen LogP contribution < -0.4 is 14.8 Å². The van der Waals surface area contributed by atoms with E-state index in [1.165, 1.54) is 0 Å². The number of carbonyl (C=O) groups excluding carboxylic acids is 1. The molecule has 3 heterocycles. The fraction of sp³-hybridized carbons (Fsp3) is 0.375. The summed E-state index contributed by atoms with van der Waals surface area (Å²) in [6.45, 7) is 1.84. The van der Waals surface area contributed by atoms with Crippen molar-refractivity contribution in [2.45, 2.75) is 18.9 Å². The molecule has 0 spiro atoms. The molecule has 0 saturated carbocycles. The molecule has 2 aromatic rings. The number of thiazole rings is 1. The largest absolute Gasteiger partial charge is 0.486 e. The zero-order valence-electron chi connectivity index (χ0n) is 12.5. The van der Waals surface area contributed by atoms with Crippen LogP contribution in [0.3, 0.4) is 0 Å². The average molecular weight is 331 g/mol. The number of hydrogen-bond acceptors (Lipinski definition) is 5. The maximum absolute atomic E-state index is 12.6. The molecule has 0 radical (unpaired) electrons. The lowest BCUT2D eigenvalue weighted by atomic mass is 10.2. The molecule has 0 bridgehead atoms. The third-order valence-electron chi connectivity index (χ3n) is 4.04. The molecule has 6 nitrogen and oxygen atoms in total. The van der Waals surface area contributed by atoms with Crippen LogP contribution in [0.5, 0.6) is 11.5 Å². The van der Waals surface area contributed by atoms with E-state index in [-0.39, 0.29) is 12.1 Å². The molecule has 1 unspecified atom stereocenters. The number of fused-ring (bicyclic) bond motifs is 1. The fourth-order valence-electron chi connectivity index (χ4n) is 2.98. The van der Waals surface area contributed by atoms with E-state index in [2.05, 4.69) is 10.3 Å². The maximum Gasteiger partial charge on any atom is 0.322 e. The zero-order valence-corrected chi connectivity index (χ0v) is 13.3. The van der Waals surface area contributed by atoms with Gasteiger partial charge in [-0.25, -0.2) is 9.78 Å². The van der Waals surface area contributed by atoms with E-state index in [1.54, 1.807) is 23.6 Å². The summed E-state index contributed by atoms with van der Waals surface area (Å²) in [5.74, 6) is 1.39. The summed E-state index contributed by atoms with van der Waals surface area (Å²) >= 11 is 1.60. The fourth-order valence-corrected chi connectivity index (χ4v) is 3.77. The molecule has 0 aliphatic carbocycles. The van der Waals surface area contributed by atoms with Crippen molar-refractivity contribution in [2.75, 3.05) is 25.1 Å². The average Bonchev–Trinajstić information content (AvgIpc) is 3.25. The second-order valence-electron chi connectivity index (χ2n) is 5.51. The summed E-state index contributed by atoms with van der Waals surface area (Å²) in [4.78, 5) is 18.8. The summed E-state index contributed by atoms with van der Waals surface area (Å²) in [7, 11) is 0. The van der Waals surface area contributed by atoms with Crippen LogP contribution in [0.4, 0.5) is 10.5 Å². The van der Waals surface area contributed by atoms with Crippen LogP contribution in [0, 0.1) is 0 Å². The van der Waals surface area contributed by atoms with Crippen molar-refractivity contribution in [3.05, 3.63) is 34.8 Å². The number of nitrogens with zero attached hydrogens (tertiary/aromatic N) is 2. The number of amides is 2. The van der Waals surface area contributed by atoms with Gasteiger partial charge in [-0.3, -0.25) is 0 Å². The molecule has 2 aliphatic rings. The van der Waals surface area contributed by atoms with Crippen LogP contribution in [0.2, 0.25) is 0 Å². The van der Waals surface area contributed by atoms with Crippen molar-refractivity contribution in [1.82, 2.24) is 9.88 Å². The van der Waals surface area contributed by atoms with E-state index in [4.69, 9.17) is 9.47 Å². The standard InChI is InChI=1S/C16H17N3O3S/c20-16(19-6-1-2-12(19)15-17-5-9-23-15)18-11-3-4-13-14(10-11)22-8-7-21-13/h3-5,9-10,12H,1-2,6-8H2,(H,18,20). The lowest BCUT2D eigenvalue weighted by Crippen LogP contribution is -2.34. The van der Waals surface area contributed by atoms with Crippen LogP contribution in [0.15, 0.2) is 29.8 Å². The molecule has 1 aromatic heterocycles. The number of hydrogen-bond donors (Lipinski definition) is 1. The summed E-state index contributed by atoms with van der Waals surface area (Å²) in [6.07, 6.45) is 3.75. The number of ether oxygens (including phenoxy) is 2. The van der Waals surface area contributed by atoms with Crippen molar-refractivity contribution in [1.29, 1.82) is 0 Å². The summed E-state index contributed by atoms with van der Waals surface area (Å²) < 4.78 is 11.0. The van der Waals surface area contributed by atoms with Gasteiger partial charge >= 0.3 is 6.03 Å². The summed E-state index contributed by atoms with van der Waals surface area (Å²) in [5, 5.41) is 5.90. The number of aromatic nitrogens is 1. The highest BCUT2D eigenvalue weighted by atomic mass is 32.1. The van der Waals surface area contributed by atoms with Crippen molar-refractivity contribution >= 4 is 23.1 Å². The number of anilines is 1.